The molecule has 2 amide bonds. The molecule has 1 atom stereocenters. The summed E-state index contributed by atoms with van der Waals surface area (Å²) in [7, 11) is -2.33. The Kier molecular flexibility index (Phi) is 6.98. The van der Waals surface area contributed by atoms with E-state index in [2.05, 4.69) is 4.72 Å². The molecule has 1 fully saturated rings. The Balaban J connectivity index is 1.70. The summed E-state index contributed by atoms with van der Waals surface area (Å²) >= 11 is 7.05. The molecule has 160 valence electrons. The van der Waals surface area contributed by atoms with Crippen LogP contribution >= 0.6 is 22.9 Å². The summed E-state index contributed by atoms with van der Waals surface area (Å²) in [6.45, 7) is 0.528. The molecule has 1 saturated heterocycles. The van der Waals surface area contributed by atoms with Gasteiger partial charge in [0, 0.05) is 29.9 Å². The molecule has 0 unspecified atom stereocenters. The summed E-state index contributed by atoms with van der Waals surface area (Å²) in [5.74, 6) is -0.709. The zero-order valence-electron chi connectivity index (χ0n) is 16.3. The molecular weight excluding hydrogens is 448 g/mol. The van der Waals surface area contributed by atoms with E-state index in [0.29, 0.717) is 24.4 Å². The number of benzene rings is 1. The van der Waals surface area contributed by atoms with E-state index in [1.807, 2.05) is 6.07 Å². The minimum atomic E-state index is -3.90. The molecule has 0 saturated carbocycles. The summed E-state index contributed by atoms with van der Waals surface area (Å²) in [6, 6.07) is 7.73. The number of nitrogens with zero attached hydrogens (tertiary/aromatic N) is 3. The molecule has 11 heteroatoms. The van der Waals surface area contributed by atoms with Crippen LogP contribution in [0.3, 0.4) is 0 Å². The second-order valence-corrected chi connectivity index (χ2v) is 10.5. The van der Waals surface area contributed by atoms with Crippen LogP contribution in [0.5, 0.6) is 0 Å². The third-order valence-corrected chi connectivity index (χ3v) is 8.14. The van der Waals surface area contributed by atoms with Crippen LogP contribution in [0.2, 0.25) is 5.02 Å². The zero-order chi connectivity index (χ0) is 21.9. The third kappa shape index (κ3) is 5.10. The van der Waals surface area contributed by atoms with Gasteiger partial charge in [0.05, 0.1) is 19.0 Å². The van der Waals surface area contributed by atoms with E-state index in [-0.39, 0.29) is 29.6 Å². The Morgan fingerprint density at radius 2 is 2.20 bits per heavy atom. The first-order valence-corrected chi connectivity index (χ1v) is 12.0. The third-order valence-electron chi connectivity index (χ3n) is 4.86. The van der Waals surface area contributed by atoms with Gasteiger partial charge in [-0.3, -0.25) is 9.59 Å². The number of carbonyl (C=O) groups is 2. The lowest BCUT2D eigenvalue weighted by molar-refractivity contribution is -0.142. The van der Waals surface area contributed by atoms with Crippen molar-refractivity contribution < 1.29 is 18.0 Å². The smallest absolute Gasteiger partial charge is 0.250 e. The van der Waals surface area contributed by atoms with Gasteiger partial charge in [0.2, 0.25) is 11.8 Å². The molecule has 3 rings (SSSR count). The SMILES string of the molecule is CN(CCC#N)C(=O)CN1CCC[C@H](NS(=O)(=O)c2cc3ccc(Cl)cc3s2)C1=O. The first kappa shape index (κ1) is 22.5. The minimum Gasteiger partial charge on any atom is -0.343 e. The zero-order valence-corrected chi connectivity index (χ0v) is 18.7. The molecule has 1 aromatic heterocycles. The lowest BCUT2D eigenvalue weighted by Crippen LogP contribution is -2.54. The van der Waals surface area contributed by atoms with E-state index in [1.165, 1.54) is 9.80 Å². The Morgan fingerprint density at radius 3 is 2.93 bits per heavy atom. The van der Waals surface area contributed by atoms with E-state index < -0.39 is 22.0 Å². The Hall–Kier alpha value is -2.19. The second kappa shape index (κ2) is 9.31. The lowest BCUT2D eigenvalue weighted by Gasteiger charge is -2.32. The number of sulfonamides is 1. The van der Waals surface area contributed by atoms with Crippen molar-refractivity contribution in [1.82, 2.24) is 14.5 Å². The molecule has 0 bridgehead atoms. The summed E-state index contributed by atoms with van der Waals surface area (Å²) in [4.78, 5) is 27.8. The maximum atomic E-state index is 12.8. The van der Waals surface area contributed by atoms with Crippen LogP contribution in [0.1, 0.15) is 19.3 Å². The fourth-order valence-electron chi connectivity index (χ4n) is 3.19. The highest BCUT2D eigenvalue weighted by Crippen LogP contribution is 2.31. The number of hydrogen-bond acceptors (Lipinski definition) is 6. The normalized spacial score (nSPS) is 17.2. The summed E-state index contributed by atoms with van der Waals surface area (Å²) in [6.07, 6.45) is 1.15. The number of likely N-dealkylation sites (tertiary alicyclic amines) is 1. The topological polar surface area (TPSA) is 111 Å². The van der Waals surface area contributed by atoms with E-state index >= 15 is 0 Å². The van der Waals surface area contributed by atoms with Gasteiger partial charge in [0.1, 0.15) is 10.3 Å². The van der Waals surface area contributed by atoms with Gasteiger partial charge in [-0.15, -0.1) is 11.3 Å². The van der Waals surface area contributed by atoms with Gasteiger partial charge in [-0.2, -0.15) is 9.98 Å². The van der Waals surface area contributed by atoms with Crippen LogP contribution in [-0.2, 0) is 19.6 Å². The first-order chi connectivity index (χ1) is 14.2. The summed E-state index contributed by atoms with van der Waals surface area (Å²) in [5, 5.41) is 9.91. The van der Waals surface area contributed by atoms with Gasteiger partial charge in [0.15, 0.2) is 0 Å². The molecule has 2 heterocycles. The molecule has 0 aliphatic carbocycles. The van der Waals surface area contributed by atoms with Gasteiger partial charge < -0.3 is 9.80 Å². The van der Waals surface area contributed by atoms with Gasteiger partial charge >= 0.3 is 0 Å². The van der Waals surface area contributed by atoms with Crippen molar-refractivity contribution in [3.63, 3.8) is 0 Å². The maximum Gasteiger partial charge on any atom is 0.250 e. The van der Waals surface area contributed by atoms with E-state index in [1.54, 1.807) is 31.3 Å². The molecule has 0 spiro atoms. The first-order valence-electron chi connectivity index (χ1n) is 9.32. The number of halogens is 1. The standard InChI is InChI=1S/C19H21ClN4O4S2/c1-23(8-3-7-21)17(25)12-24-9-2-4-15(19(24)26)22-30(27,28)18-10-13-5-6-14(20)11-16(13)29-18/h5-6,10-11,15,22H,2-4,8-9,12H2,1H3/t15-/m0/s1. The van der Waals surface area contributed by atoms with Gasteiger partial charge in [-0.25, -0.2) is 8.42 Å². The molecule has 1 aliphatic heterocycles. The molecule has 2 aromatic rings. The van der Waals surface area contributed by atoms with Crippen LogP contribution < -0.4 is 4.72 Å². The number of nitrogens with one attached hydrogen (secondary N) is 1. The van der Waals surface area contributed by atoms with Crippen molar-refractivity contribution in [3.8, 4) is 6.07 Å². The molecule has 1 aromatic carbocycles. The molecule has 1 N–H and O–H groups in total. The van der Waals surface area contributed by atoms with Gasteiger partial charge in [-0.1, -0.05) is 17.7 Å². The van der Waals surface area contributed by atoms with Crippen LogP contribution in [0.4, 0.5) is 0 Å². The Labute approximate surface area is 184 Å². The van der Waals surface area contributed by atoms with Crippen molar-refractivity contribution in [2.24, 2.45) is 0 Å². The number of hydrogen-bond donors (Lipinski definition) is 1. The average molecular weight is 469 g/mol. The number of carbonyl (C=O) groups excluding carboxylic acids is 2. The van der Waals surface area contributed by atoms with Crippen LogP contribution in [-0.4, -0.2) is 62.8 Å². The highest BCUT2D eigenvalue weighted by atomic mass is 35.5. The number of likely N-dealkylation sites (N-methyl/N-ethyl adjacent to an activating group) is 1. The quantitative estimate of drug-likeness (QED) is 0.669. The van der Waals surface area contributed by atoms with Gasteiger partial charge in [0.25, 0.3) is 10.0 Å². The van der Waals surface area contributed by atoms with Crippen LogP contribution in [0.25, 0.3) is 10.1 Å². The molecular formula is C19H21ClN4O4S2. The number of fused-ring (bicyclic) bond motifs is 1. The van der Waals surface area contributed by atoms with Crippen LogP contribution in [0, 0.1) is 11.3 Å². The average Bonchev–Trinajstić information content (AvgIpc) is 3.13. The van der Waals surface area contributed by atoms with Crippen molar-refractivity contribution in [1.29, 1.82) is 5.26 Å². The largest absolute Gasteiger partial charge is 0.343 e. The monoisotopic (exact) mass is 468 g/mol. The fourth-order valence-corrected chi connectivity index (χ4v) is 6.11. The number of amides is 2. The van der Waals surface area contributed by atoms with Gasteiger partial charge in [-0.05, 0) is 36.4 Å². The van der Waals surface area contributed by atoms with Crippen molar-refractivity contribution in [2.45, 2.75) is 29.5 Å². The number of rotatable bonds is 7. The van der Waals surface area contributed by atoms with Crippen molar-refractivity contribution in [2.75, 3.05) is 26.7 Å². The minimum absolute atomic E-state index is 0.108. The lowest BCUT2D eigenvalue weighted by atomic mass is 10.1. The summed E-state index contributed by atoms with van der Waals surface area (Å²) in [5.41, 5.74) is 0. The Morgan fingerprint density at radius 1 is 1.43 bits per heavy atom. The predicted octanol–water partition coefficient (Wildman–Crippen LogP) is 2.20. The predicted molar refractivity (Wildman–Crippen MR) is 115 cm³/mol. The second-order valence-electron chi connectivity index (χ2n) is 7.05. The van der Waals surface area contributed by atoms with E-state index in [0.717, 1.165) is 21.4 Å². The molecule has 30 heavy (non-hydrogen) atoms. The number of piperidine rings is 1. The molecule has 1 aliphatic rings. The number of thiophene rings is 1. The summed E-state index contributed by atoms with van der Waals surface area (Å²) < 4.78 is 29.0. The fraction of sp³-hybridized carbons (Fsp3) is 0.421. The highest BCUT2D eigenvalue weighted by Gasteiger charge is 2.34. The molecule has 8 nitrogen and oxygen atoms in total. The number of nitriles is 1. The molecule has 0 radical (unpaired) electrons. The van der Waals surface area contributed by atoms with Crippen molar-refractivity contribution in [3.05, 3.63) is 29.3 Å². The van der Waals surface area contributed by atoms with Crippen LogP contribution in [0.15, 0.2) is 28.5 Å². The van der Waals surface area contributed by atoms with Crippen molar-refractivity contribution >= 4 is 54.9 Å². The highest BCUT2D eigenvalue weighted by molar-refractivity contribution is 7.91. The van der Waals surface area contributed by atoms with E-state index in [9.17, 15) is 18.0 Å². The van der Waals surface area contributed by atoms with E-state index in [4.69, 9.17) is 16.9 Å². The Bertz CT molecular complexity index is 1110. The maximum absolute atomic E-state index is 12.8.